The van der Waals surface area contributed by atoms with Crippen molar-refractivity contribution in [3.05, 3.63) is 64.7 Å². The zero-order valence-electron chi connectivity index (χ0n) is 9.99. The number of amides is 1. The van der Waals surface area contributed by atoms with Crippen molar-refractivity contribution in [3.63, 3.8) is 0 Å². The van der Waals surface area contributed by atoms with Gasteiger partial charge in [0.05, 0.1) is 0 Å². The lowest BCUT2D eigenvalue weighted by atomic mass is 9.92. The molecule has 1 unspecified atom stereocenters. The Morgan fingerprint density at radius 2 is 1.84 bits per heavy atom. The fourth-order valence-electron chi connectivity index (χ4n) is 2.35. The van der Waals surface area contributed by atoms with Crippen molar-refractivity contribution >= 4 is 34.8 Å². The number of rotatable bonds is 2. The first kappa shape index (κ1) is 12.5. The van der Waals surface area contributed by atoms with Crippen LogP contribution in [-0.2, 0) is 16.1 Å². The average molecular weight is 292 g/mol. The van der Waals surface area contributed by atoms with Gasteiger partial charge in [0.2, 0.25) is 0 Å². The molecule has 0 aliphatic carbocycles. The van der Waals surface area contributed by atoms with Crippen LogP contribution >= 0.6 is 23.2 Å². The third kappa shape index (κ3) is 2.11. The molecular weight excluding hydrogens is 281 g/mol. The minimum absolute atomic E-state index is 0.199. The van der Waals surface area contributed by atoms with E-state index in [-0.39, 0.29) is 5.91 Å². The molecule has 1 amide bonds. The molecule has 0 saturated heterocycles. The van der Waals surface area contributed by atoms with Crippen LogP contribution in [0.25, 0.3) is 0 Å². The molecule has 2 aromatic rings. The molecule has 1 aliphatic heterocycles. The van der Waals surface area contributed by atoms with E-state index < -0.39 is 4.87 Å². The third-order valence-corrected chi connectivity index (χ3v) is 4.05. The number of carbonyl (C=O) groups excluding carboxylic acids is 1. The maximum Gasteiger partial charge on any atom is 0.250 e. The van der Waals surface area contributed by atoms with Gasteiger partial charge in [0.1, 0.15) is 0 Å². The minimum Gasteiger partial charge on any atom is -0.324 e. The molecule has 96 valence electrons. The normalized spacial score (nSPS) is 21.1. The highest BCUT2D eigenvalue weighted by molar-refractivity contribution is 6.39. The fourth-order valence-corrected chi connectivity index (χ4v) is 2.88. The highest BCUT2D eigenvalue weighted by Crippen LogP contribution is 2.44. The van der Waals surface area contributed by atoms with Crippen LogP contribution in [0.4, 0.5) is 5.69 Å². The van der Waals surface area contributed by atoms with Gasteiger partial charge in [-0.3, -0.25) is 4.79 Å². The van der Waals surface area contributed by atoms with E-state index in [1.807, 2.05) is 30.3 Å². The van der Waals surface area contributed by atoms with Gasteiger partial charge in [0, 0.05) is 22.7 Å². The predicted molar refractivity (Wildman–Crippen MR) is 77.8 cm³/mol. The summed E-state index contributed by atoms with van der Waals surface area (Å²) in [5.74, 6) is -0.199. The van der Waals surface area contributed by atoms with Gasteiger partial charge < -0.3 is 5.32 Å². The van der Waals surface area contributed by atoms with Crippen molar-refractivity contribution in [1.82, 2.24) is 0 Å². The molecule has 0 fully saturated rings. The number of hydrogen-bond donors (Lipinski definition) is 1. The molecule has 0 saturated carbocycles. The second-order valence-corrected chi connectivity index (χ2v) is 5.69. The van der Waals surface area contributed by atoms with Gasteiger partial charge in [0.25, 0.3) is 5.91 Å². The van der Waals surface area contributed by atoms with Gasteiger partial charge in [-0.2, -0.15) is 0 Å². The van der Waals surface area contributed by atoms with Crippen LogP contribution in [0.3, 0.4) is 0 Å². The number of carbonyl (C=O) groups is 1. The van der Waals surface area contributed by atoms with E-state index >= 15 is 0 Å². The summed E-state index contributed by atoms with van der Waals surface area (Å²) in [5.41, 5.74) is 2.50. The second kappa shape index (κ2) is 4.55. The van der Waals surface area contributed by atoms with E-state index in [1.165, 1.54) is 0 Å². The first-order chi connectivity index (χ1) is 9.09. The van der Waals surface area contributed by atoms with Crippen LogP contribution in [0.2, 0.25) is 5.02 Å². The lowest BCUT2D eigenvalue weighted by Gasteiger charge is -2.19. The van der Waals surface area contributed by atoms with E-state index in [1.54, 1.807) is 18.2 Å². The van der Waals surface area contributed by atoms with Crippen LogP contribution in [0.15, 0.2) is 48.5 Å². The maximum absolute atomic E-state index is 12.2. The zero-order valence-corrected chi connectivity index (χ0v) is 11.5. The molecule has 0 aromatic heterocycles. The van der Waals surface area contributed by atoms with E-state index in [9.17, 15) is 4.79 Å². The Bertz CT molecular complexity index is 642. The molecule has 19 heavy (non-hydrogen) atoms. The monoisotopic (exact) mass is 291 g/mol. The summed E-state index contributed by atoms with van der Waals surface area (Å²) in [6.07, 6.45) is 0.439. The summed E-state index contributed by atoms with van der Waals surface area (Å²) in [4.78, 5) is 11.1. The summed E-state index contributed by atoms with van der Waals surface area (Å²) in [6.45, 7) is 0. The van der Waals surface area contributed by atoms with Crippen molar-refractivity contribution in [2.45, 2.75) is 11.3 Å². The topological polar surface area (TPSA) is 29.1 Å². The first-order valence-electron chi connectivity index (χ1n) is 5.94. The Hall–Kier alpha value is -1.51. The van der Waals surface area contributed by atoms with E-state index in [0.717, 1.165) is 16.8 Å². The number of alkyl halides is 1. The molecule has 1 heterocycles. The number of nitrogens with one attached hydrogen (secondary N) is 1. The lowest BCUT2D eigenvalue weighted by Crippen LogP contribution is -2.30. The molecule has 1 N–H and O–H groups in total. The van der Waals surface area contributed by atoms with Gasteiger partial charge in [0.15, 0.2) is 4.87 Å². The van der Waals surface area contributed by atoms with E-state index in [4.69, 9.17) is 23.2 Å². The highest BCUT2D eigenvalue weighted by atomic mass is 35.5. The Morgan fingerprint density at radius 1 is 1.11 bits per heavy atom. The molecule has 2 nitrogen and oxygen atoms in total. The van der Waals surface area contributed by atoms with Crippen LogP contribution in [0.1, 0.15) is 11.1 Å². The van der Waals surface area contributed by atoms with Gasteiger partial charge in [-0.15, -0.1) is 11.6 Å². The minimum atomic E-state index is -1.08. The van der Waals surface area contributed by atoms with Gasteiger partial charge in [-0.25, -0.2) is 0 Å². The quantitative estimate of drug-likeness (QED) is 0.834. The second-order valence-electron chi connectivity index (χ2n) is 4.61. The summed E-state index contributed by atoms with van der Waals surface area (Å²) in [6, 6.07) is 15.0. The summed E-state index contributed by atoms with van der Waals surface area (Å²) in [7, 11) is 0. The van der Waals surface area contributed by atoms with Crippen LogP contribution in [0.5, 0.6) is 0 Å². The molecule has 3 rings (SSSR count). The Balaban J connectivity index is 2.04. The molecule has 4 heteroatoms. The van der Waals surface area contributed by atoms with Crippen LogP contribution < -0.4 is 5.32 Å². The molecule has 1 aliphatic rings. The molecule has 0 bridgehead atoms. The van der Waals surface area contributed by atoms with Crippen molar-refractivity contribution in [1.29, 1.82) is 0 Å². The summed E-state index contributed by atoms with van der Waals surface area (Å²) >= 11 is 12.6. The number of halogens is 2. The molecule has 0 radical (unpaired) electrons. The van der Waals surface area contributed by atoms with Crippen molar-refractivity contribution < 1.29 is 4.79 Å². The lowest BCUT2D eigenvalue weighted by molar-refractivity contribution is -0.118. The molecule has 1 atom stereocenters. The van der Waals surface area contributed by atoms with Gasteiger partial charge in [-0.05, 0) is 23.8 Å². The maximum atomic E-state index is 12.2. The fraction of sp³-hybridized carbons (Fsp3) is 0.133. The van der Waals surface area contributed by atoms with Gasteiger partial charge in [-0.1, -0.05) is 41.9 Å². The van der Waals surface area contributed by atoms with Crippen molar-refractivity contribution in [3.8, 4) is 0 Å². The van der Waals surface area contributed by atoms with Crippen molar-refractivity contribution in [2.24, 2.45) is 0 Å². The smallest absolute Gasteiger partial charge is 0.250 e. The van der Waals surface area contributed by atoms with Gasteiger partial charge >= 0.3 is 0 Å². The average Bonchev–Trinajstić information content (AvgIpc) is 2.64. The Morgan fingerprint density at radius 3 is 2.58 bits per heavy atom. The molecule has 2 aromatic carbocycles. The zero-order chi connectivity index (χ0) is 13.5. The standard InChI is InChI=1S/C15H11Cl2NO/c16-11-6-7-13-12(8-11)15(17,14(19)18-13)9-10-4-2-1-3-5-10/h1-8H,9H2,(H,18,19). The third-order valence-electron chi connectivity index (χ3n) is 3.31. The predicted octanol–water partition coefficient (Wildman–Crippen LogP) is 3.97. The molecule has 0 spiro atoms. The Kier molecular flexibility index (Phi) is 3.00. The Labute approximate surface area is 121 Å². The SMILES string of the molecule is O=C1Nc2ccc(Cl)cc2C1(Cl)Cc1ccccc1. The van der Waals surface area contributed by atoms with Crippen LogP contribution in [0, 0.1) is 0 Å². The van der Waals surface area contributed by atoms with Crippen molar-refractivity contribution in [2.75, 3.05) is 5.32 Å². The highest BCUT2D eigenvalue weighted by Gasteiger charge is 2.45. The summed E-state index contributed by atoms with van der Waals surface area (Å²) < 4.78 is 0. The van der Waals surface area contributed by atoms with Crippen LogP contribution in [-0.4, -0.2) is 5.91 Å². The first-order valence-corrected chi connectivity index (χ1v) is 6.69. The van der Waals surface area contributed by atoms with E-state index in [2.05, 4.69) is 5.32 Å². The number of anilines is 1. The van der Waals surface area contributed by atoms with E-state index in [0.29, 0.717) is 11.4 Å². The largest absolute Gasteiger partial charge is 0.324 e. The molecular formula is C15H11Cl2NO. The number of benzene rings is 2. The number of fused-ring (bicyclic) bond motifs is 1. The number of hydrogen-bond acceptors (Lipinski definition) is 1. The summed E-state index contributed by atoms with van der Waals surface area (Å²) in [5, 5.41) is 3.38.